The maximum absolute atomic E-state index is 11.4. The van der Waals surface area contributed by atoms with Gasteiger partial charge in [0.2, 0.25) is 5.91 Å². The summed E-state index contributed by atoms with van der Waals surface area (Å²) in [4.78, 5) is 15.8. The molecule has 102 valence electrons. The highest BCUT2D eigenvalue weighted by atomic mass is 32.1. The van der Waals surface area contributed by atoms with E-state index in [1.807, 2.05) is 14.0 Å². The Kier molecular flexibility index (Phi) is 7.60. The Hall–Kier alpha value is -0.940. The van der Waals surface area contributed by atoms with Gasteiger partial charge in [0.25, 0.3) is 0 Å². The van der Waals surface area contributed by atoms with Crippen molar-refractivity contribution >= 4 is 17.2 Å². The van der Waals surface area contributed by atoms with E-state index in [9.17, 15) is 4.79 Å². The molecule has 0 bridgehead atoms. The first-order valence-electron chi connectivity index (χ1n) is 6.54. The Morgan fingerprint density at radius 2 is 2.17 bits per heavy atom. The number of nitrogens with one attached hydrogen (secondary N) is 2. The average Bonchev–Trinajstić information content (AvgIpc) is 2.75. The van der Waals surface area contributed by atoms with E-state index in [0.717, 1.165) is 44.5 Å². The maximum atomic E-state index is 11.4. The quantitative estimate of drug-likeness (QED) is 0.673. The molecule has 0 atom stereocenters. The van der Waals surface area contributed by atoms with Crippen LogP contribution in [0.25, 0.3) is 0 Å². The Bertz CT molecular complexity index is 352. The van der Waals surface area contributed by atoms with Crippen molar-refractivity contribution in [3.05, 3.63) is 16.1 Å². The molecule has 1 amide bonds. The number of hydrogen-bond acceptors (Lipinski definition) is 4. The number of carbonyl (C=O) groups is 1. The molecule has 0 aliphatic carbocycles. The highest BCUT2D eigenvalue weighted by Gasteiger charge is 2.01. The summed E-state index contributed by atoms with van der Waals surface area (Å²) < 4.78 is 0. The van der Waals surface area contributed by atoms with E-state index in [0.29, 0.717) is 6.42 Å². The van der Waals surface area contributed by atoms with Crippen molar-refractivity contribution in [2.75, 3.05) is 20.1 Å². The van der Waals surface area contributed by atoms with Crippen LogP contribution in [-0.2, 0) is 11.2 Å². The van der Waals surface area contributed by atoms with E-state index in [2.05, 4.69) is 21.0 Å². The van der Waals surface area contributed by atoms with E-state index in [4.69, 9.17) is 0 Å². The smallest absolute Gasteiger partial charge is 0.220 e. The van der Waals surface area contributed by atoms with Gasteiger partial charge in [-0.1, -0.05) is 0 Å². The number of carbonyl (C=O) groups excluding carboxylic acids is 1. The molecule has 0 spiro atoms. The van der Waals surface area contributed by atoms with Crippen molar-refractivity contribution in [1.82, 2.24) is 15.6 Å². The molecule has 1 heterocycles. The number of rotatable bonds is 9. The highest BCUT2D eigenvalue weighted by Crippen LogP contribution is 2.11. The van der Waals surface area contributed by atoms with Gasteiger partial charge in [-0.25, -0.2) is 4.98 Å². The van der Waals surface area contributed by atoms with Gasteiger partial charge in [0.05, 0.1) is 5.01 Å². The fraction of sp³-hybridized carbons (Fsp3) is 0.692. The van der Waals surface area contributed by atoms with Crippen LogP contribution >= 0.6 is 11.3 Å². The lowest BCUT2D eigenvalue weighted by atomic mass is 10.2. The summed E-state index contributed by atoms with van der Waals surface area (Å²) in [5.74, 6) is 0.162. The third-order valence-corrected chi connectivity index (χ3v) is 3.66. The van der Waals surface area contributed by atoms with Crippen LogP contribution in [0, 0.1) is 6.92 Å². The van der Waals surface area contributed by atoms with Gasteiger partial charge >= 0.3 is 0 Å². The first kappa shape index (κ1) is 15.1. The lowest BCUT2D eigenvalue weighted by molar-refractivity contribution is -0.121. The number of nitrogens with zero attached hydrogens (tertiary/aromatic N) is 1. The van der Waals surface area contributed by atoms with Gasteiger partial charge in [-0.3, -0.25) is 4.79 Å². The van der Waals surface area contributed by atoms with Crippen molar-refractivity contribution in [2.45, 2.75) is 39.0 Å². The predicted molar refractivity (Wildman–Crippen MR) is 76.0 cm³/mol. The summed E-state index contributed by atoms with van der Waals surface area (Å²) in [5, 5.41) is 9.27. The Morgan fingerprint density at radius 1 is 1.33 bits per heavy atom. The summed E-state index contributed by atoms with van der Waals surface area (Å²) >= 11 is 1.72. The van der Waals surface area contributed by atoms with Crippen molar-refractivity contribution in [2.24, 2.45) is 0 Å². The van der Waals surface area contributed by atoms with Gasteiger partial charge in [-0.2, -0.15) is 0 Å². The van der Waals surface area contributed by atoms with Gasteiger partial charge < -0.3 is 10.6 Å². The first-order chi connectivity index (χ1) is 8.72. The standard InChI is InChI=1S/C13H23N3OS/c1-11-10-18-13(16-11)7-3-4-9-15-12(17)6-5-8-14-2/h10,14H,3-9H2,1-2H3,(H,15,17). The van der Waals surface area contributed by atoms with Gasteiger partial charge in [-0.05, 0) is 46.2 Å². The molecule has 0 aliphatic heterocycles. The minimum atomic E-state index is 0.162. The molecule has 0 radical (unpaired) electrons. The summed E-state index contributed by atoms with van der Waals surface area (Å²) in [5.41, 5.74) is 1.10. The van der Waals surface area contributed by atoms with Crippen LogP contribution in [0.3, 0.4) is 0 Å². The van der Waals surface area contributed by atoms with Crippen molar-refractivity contribution in [1.29, 1.82) is 0 Å². The van der Waals surface area contributed by atoms with Gasteiger partial charge in [0.1, 0.15) is 0 Å². The fourth-order valence-corrected chi connectivity index (χ4v) is 2.48. The number of aromatic nitrogens is 1. The molecule has 0 saturated heterocycles. The van der Waals surface area contributed by atoms with Crippen LogP contribution in [-0.4, -0.2) is 31.0 Å². The third-order valence-electron chi connectivity index (χ3n) is 2.64. The van der Waals surface area contributed by atoms with Crippen LogP contribution in [0.5, 0.6) is 0 Å². The average molecular weight is 269 g/mol. The predicted octanol–water partition coefficient (Wildman–Crippen LogP) is 1.89. The number of aryl methyl sites for hydroxylation is 2. The highest BCUT2D eigenvalue weighted by molar-refractivity contribution is 7.09. The summed E-state index contributed by atoms with van der Waals surface area (Å²) in [6.45, 7) is 3.70. The molecule has 18 heavy (non-hydrogen) atoms. The molecule has 0 saturated carbocycles. The molecule has 0 unspecified atom stereocenters. The molecular formula is C13H23N3OS. The van der Waals surface area contributed by atoms with Crippen LogP contribution in [0.1, 0.15) is 36.4 Å². The second kappa shape index (κ2) is 9.05. The summed E-state index contributed by atoms with van der Waals surface area (Å²) in [6, 6.07) is 0. The van der Waals surface area contributed by atoms with E-state index in [-0.39, 0.29) is 5.91 Å². The summed E-state index contributed by atoms with van der Waals surface area (Å²) in [6.07, 6.45) is 4.65. The SMILES string of the molecule is CNCCCC(=O)NCCCCc1nc(C)cs1. The van der Waals surface area contributed by atoms with Crippen LogP contribution in [0.15, 0.2) is 5.38 Å². The lowest BCUT2D eigenvalue weighted by Crippen LogP contribution is -2.25. The second-order valence-electron chi connectivity index (χ2n) is 4.40. The van der Waals surface area contributed by atoms with Gasteiger partial charge in [0.15, 0.2) is 0 Å². The molecule has 4 nitrogen and oxygen atoms in total. The van der Waals surface area contributed by atoms with Gasteiger partial charge in [0, 0.05) is 24.0 Å². The third kappa shape index (κ3) is 6.71. The monoisotopic (exact) mass is 269 g/mol. The normalized spacial score (nSPS) is 10.6. The van der Waals surface area contributed by atoms with Crippen molar-refractivity contribution in [3.8, 4) is 0 Å². The Balaban J connectivity index is 1.96. The van der Waals surface area contributed by atoms with Crippen LogP contribution < -0.4 is 10.6 Å². The van der Waals surface area contributed by atoms with Crippen molar-refractivity contribution in [3.63, 3.8) is 0 Å². The first-order valence-corrected chi connectivity index (χ1v) is 7.42. The maximum Gasteiger partial charge on any atom is 0.220 e. The van der Waals surface area contributed by atoms with E-state index in [1.165, 1.54) is 5.01 Å². The zero-order valence-corrected chi connectivity index (χ0v) is 12.1. The minimum Gasteiger partial charge on any atom is -0.356 e. The Labute approximate surface area is 113 Å². The largest absolute Gasteiger partial charge is 0.356 e. The molecule has 1 aromatic heterocycles. The number of thiazole rings is 1. The number of unbranched alkanes of at least 4 members (excludes halogenated alkanes) is 1. The van der Waals surface area contributed by atoms with E-state index < -0.39 is 0 Å². The van der Waals surface area contributed by atoms with Crippen molar-refractivity contribution < 1.29 is 4.79 Å². The zero-order chi connectivity index (χ0) is 13.2. The number of amides is 1. The molecule has 0 aromatic carbocycles. The Morgan fingerprint density at radius 3 is 2.83 bits per heavy atom. The molecule has 1 aromatic rings. The molecule has 5 heteroatoms. The molecular weight excluding hydrogens is 246 g/mol. The fourth-order valence-electron chi connectivity index (χ4n) is 1.66. The molecule has 0 aliphatic rings. The minimum absolute atomic E-state index is 0.162. The molecule has 0 fully saturated rings. The molecule has 2 N–H and O–H groups in total. The lowest BCUT2D eigenvalue weighted by Gasteiger charge is -2.04. The van der Waals surface area contributed by atoms with Crippen LogP contribution in [0.2, 0.25) is 0 Å². The van der Waals surface area contributed by atoms with E-state index in [1.54, 1.807) is 11.3 Å². The van der Waals surface area contributed by atoms with Gasteiger partial charge in [-0.15, -0.1) is 11.3 Å². The van der Waals surface area contributed by atoms with E-state index >= 15 is 0 Å². The number of hydrogen-bond donors (Lipinski definition) is 2. The zero-order valence-electron chi connectivity index (χ0n) is 11.3. The summed E-state index contributed by atoms with van der Waals surface area (Å²) in [7, 11) is 1.90. The molecule has 1 rings (SSSR count). The topological polar surface area (TPSA) is 54.0 Å². The second-order valence-corrected chi connectivity index (χ2v) is 5.34. The van der Waals surface area contributed by atoms with Crippen LogP contribution in [0.4, 0.5) is 0 Å².